The van der Waals surface area contributed by atoms with Gasteiger partial charge in [-0.15, -0.1) is 0 Å². The standard InChI is InChI=1S/C24H32O7/c1-13-9-14-10-16(26-3)20(28-5)22(30-7)18(14)19-15(12-24(13,2)25)11-17(27-4)21(29-6)23(19)31-8/h10-11,13,25H,9,12H2,1-8H3/t13-,24-/m1/s1. The van der Waals surface area contributed by atoms with E-state index in [4.69, 9.17) is 28.4 Å². The summed E-state index contributed by atoms with van der Waals surface area (Å²) in [5.74, 6) is 3.06. The molecular formula is C24H32O7. The molecule has 1 aliphatic carbocycles. The number of hydrogen-bond acceptors (Lipinski definition) is 7. The summed E-state index contributed by atoms with van der Waals surface area (Å²) in [4.78, 5) is 0. The monoisotopic (exact) mass is 432 g/mol. The Labute approximate surface area is 183 Å². The van der Waals surface area contributed by atoms with Crippen LogP contribution in [0.15, 0.2) is 12.1 Å². The van der Waals surface area contributed by atoms with E-state index in [1.807, 2.05) is 26.0 Å². The predicted octanol–water partition coefficient (Wildman–Crippen LogP) is 3.89. The fourth-order valence-corrected chi connectivity index (χ4v) is 4.37. The van der Waals surface area contributed by atoms with Crippen LogP contribution in [0.3, 0.4) is 0 Å². The maximum atomic E-state index is 11.3. The molecule has 0 spiro atoms. The molecule has 0 amide bonds. The number of methoxy groups -OCH3 is 6. The van der Waals surface area contributed by atoms with Crippen LogP contribution in [0.4, 0.5) is 0 Å². The van der Waals surface area contributed by atoms with Crippen LogP contribution in [0.5, 0.6) is 34.5 Å². The Hall–Kier alpha value is -2.80. The molecule has 0 saturated carbocycles. The third-order valence-electron chi connectivity index (χ3n) is 6.21. The smallest absolute Gasteiger partial charge is 0.203 e. The average Bonchev–Trinajstić information content (AvgIpc) is 2.76. The molecular weight excluding hydrogens is 400 g/mol. The molecule has 0 fully saturated rings. The van der Waals surface area contributed by atoms with Gasteiger partial charge in [-0.05, 0) is 42.5 Å². The van der Waals surface area contributed by atoms with Crippen molar-refractivity contribution in [2.75, 3.05) is 42.7 Å². The maximum absolute atomic E-state index is 11.3. The highest BCUT2D eigenvalue weighted by atomic mass is 16.5. The minimum atomic E-state index is -0.961. The highest BCUT2D eigenvalue weighted by Crippen LogP contribution is 2.56. The van der Waals surface area contributed by atoms with Crippen molar-refractivity contribution in [2.45, 2.75) is 32.3 Å². The van der Waals surface area contributed by atoms with Gasteiger partial charge in [0.2, 0.25) is 11.5 Å². The number of ether oxygens (including phenoxy) is 6. The summed E-state index contributed by atoms with van der Waals surface area (Å²) in [6, 6.07) is 3.83. The fraction of sp³-hybridized carbons (Fsp3) is 0.500. The molecule has 170 valence electrons. The van der Waals surface area contributed by atoms with Crippen LogP contribution >= 0.6 is 0 Å². The second-order valence-electron chi connectivity index (χ2n) is 8.00. The van der Waals surface area contributed by atoms with Gasteiger partial charge in [0.15, 0.2) is 23.0 Å². The van der Waals surface area contributed by atoms with E-state index >= 15 is 0 Å². The normalized spacial score (nSPS) is 20.0. The molecule has 2 atom stereocenters. The van der Waals surface area contributed by atoms with Crippen LogP contribution in [0.2, 0.25) is 0 Å². The van der Waals surface area contributed by atoms with Gasteiger partial charge in [0.05, 0.1) is 48.3 Å². The number of aliphatic hydroxyl groups is 1. The van der Waals surface area contributed by atoms with Crippen molar-refractivity contribution in [2.24, 2.45) is 5.92 Å². The minimum Gasteiger partial charge on any atom is -0.493 e. The van der Waals surface area contributed by atoms with Crippen molar-refractivity contribution in [3.63, 3.8) is 0 Å². The summed E-state index contributed by atoms with van der Waals surface area (Å²) in [6.45, 7) is 3.89. The Kier molecular flexibility index (Phi) is 6.46. The lowest BCUT2D eigenvalue weighted by molar-refractivity contribution is 0.00628. The van der Waals surface area contributed by atoms with Crippen molar-refractivity contribution < 1.29 is 33.5 Å². The second kappa shape index (κ2) is 8.75. The topological polar surface area (TPSA) is 75.6 Å². The Bertz CT molecular complexity index is 965. The molecule has 2 aromatic rings. The number of benzene rings is 2. The third kappa shape index (κ3) is 3.71. The van der Waals surface area contributed by atoms with Gasteiger partial charge in [-0.25, -0.2) is 0 Å². The molecule has 0 radical (unpaired) electrons. The van der Waals surface area contributed by atoms with Crippen LogP contribution in [0.25, 0.3) is 11.1 Å². The molecule has 0 aliphatic heterocycles. The summed E-state index contributed by atoms with van der Waals surface area (Å²) < 4.78 is 34.2. The first-order valence-electron chi connectivity index (χ1n) is 10.1. The lowest BCUT2D eigenvalue weighted by atomic mass is 9.75. The molecule has 7 nitrogen and oxygen atoms in total. The largest absolute Gasteiger partial charge is 0.493 e. The molecule has 0 heterocycles. The summed E-state index contributed by atoms with van der Waals surface area (Å²) in [5, 5.41) is 11.3. The summed E-state index contributed by atoms with van der Waals surface area (Å²) in [7, 11) is 9.51. The van der Waals surface area contributed by atoms with E-state index in [0.717, 1.165) is 22.3 Å². The van der Waals surface area contributed by atoms with Gasteiger partial charge < -0.3 is 33.5 Å². The molecule has 7 heteroatoms. The van der Waals surface area contributed by atoms with Crippen molar-refractivity contribution in [3.05, 3.63) is 23.3 Å². The Morgan fingerprint density at radius 2 is 1.13 bits per heavy atom. The maximum Gasteiger partial charge on any atom is 0.203 e. The Balaban J connectivity index is 2.54. The molecule has 0 unspecified atom stereocenters. The molecule has 0 saturated heterocycles. The van der Waals surface area contributed by atoms with Crippen molar-refractivity contribution in [3.8, 4) is 45.6 Å². The highest BCUT2D eigenvalue weighted by molar-refractivity contribution is 5.88. The molecule has 0 bridgehead atoms. The highest BCUT2D eigenvalue weighted by Gasteiger charge is 2.38. The zero-order valence-corrected chi connectivity index (χ0v) is 19.5. The zero-order valence-electron chi connectivity index (χ0n) is 19.5. The van der Waals surface area contributed by atoms with Gasteiger partial charge in [0.1, 0.15) is 0 Å². The number of rotatable bonds is 6. The van der Waals surface area contributed by atoms with E-state index in [1.54, 1.807) is 42.7 Å². The van der Waals surface area contributed by atoms with E-state index in [0.29, 0.717) is 47.3 Å². The third-order valence-corrected chi connectivity index (χ3v) is 6.21. The first kappa shape index (κ1) is 22.9. The molecule has 3 rings (SSSR count). The lowest BCUT2D eigenvalue weighted by Crippen LogP contribution is -2.37. The van der Waals surface area contributed by atoms with Crippen molar-refractivity contribution in [1.82, 2.24) is 0 Å². The SMILES string of the molecule is COc1cc2c(c(OC)c1OC)-c1c(cc(OC)c(OC)c1OC)C[C@@](C)(O)[C@H](C)C2. The van der Waals surface area contributed by atoms with Crippen LogP contribution < -0.4 is 28.4 Å². The number of fused-ring (bicyclic) bond motifs is 3. The molecule has 1 N–H and O–H groups in total. The fourth-order valence-electron chi connectivity index (χ4n) is 4.37. The van der Waals surface area contributed by atoms with E-state index in [9.17, 15) is 5.11 Å². The van der Waals surface area contributed by atoms with Gasteiger partial charge in [0, 0.05) is 17.5 Å². The van der Waals surface area contributed by atoms with E-state index in [1.165, 1.54) is 0 Å². The second-order valence-corrected chi connectivity index (χ2v) is 8.00. The summed E-state index contributed by atoms with van der Waals surface area (Å²) in [6.07, 6.45) is 1.01. The number of hydrogen-bond donors (Lipinski definition) is 1. The summed E-state index contributed by atoms with van der Waals surface area (Å²) >= 11 is 0. The first-order chi connectivity index (χ1) is 14.8. The van der Waals surface area contributed by atoms with Crippen LogP contribution in [-0.4, -0.2) is 53.4 Å². The van der Waals surface area contributed by atoms with Crippen LogP contribution in [0, 0.1) is 5.92 Å². The van der Waals surface area contributed by atoms with Gasteiger partial charge in [0.25, 0.3) is 0 Å². The minimum absolute atomic E-state index is 0.0405. The first-order valence-corrected chi connectivity index (χ1v) is 10.1. The van der Waals surface area contributed by atoms with Crippen LogP contribution in [0.1, 0.15) is 25.0 Å². The predicted molar refractivity (Wildman–Crippen MR) is 118 cm³/mol. The van der Waals surface area contributed by atoms with E-state index < -0.39 is 5.60 Å². The Morgan fingerprint density at radius 1 is 0.710 bits per heavy atom. The van der Waals surface area contributed by atoms with Gasteiger partial charge in [-0.1, -0.05) is 6.92 Å². The lowest BCUT2D eigenvalue weighted by Gasteiger charge is -2.36. The zero-order chi connectivity index (χ0) is 22.9. The van der Waals surface area contributed by atoms with Gasteiger partial charge in [-0.3, -0.25) is 0 Å². The quantitative estimate of drug-likeness (QED) is 0.742. The van der Waals surface area contributed by atoms with Gasteiger partial charge >= 0.3 is 0 Å². The van der Waals surface area contributed by atoms with Crippen molar-refractivity contribution >= 4 is 0 Å². The van der Waals surface area contributed by atoms with Gasteiger partial charge in [-0.2, -0.15) is 0 Å². The van der Waals surface area contributed by atoms with E-state index in [2.05, 4.69) is 0 Å². The van der Waals surface area contributed by atoms with Crippen molar-refractivity contribution in [1.29, 1.82) is 0 Å². The Morgan fingerprint density at radius 3 is 1.55 bits per heavy atom. The molecule has 1 aliphatic rings. The average molecular weight is 433 g/mol. The summed E-state index contributed by atoms with van der Waals surface area (Å²) in [5.41, 5.74) is 2.46. The molecule has 2 aromatic carbocycles. The van der Waals surface area contributed by atoms with Crippen LogP contribution in [-0.2, 0) is 12.8 Å². The molecule has 0 aromatic heterocycles. The molecule has 31 heavy (non-hydrogen) atoms. The van der Waals surface area contributed by atoms with E-state index in [-0.39, 0.29) is 5.92 Å².